The summed E-state index contributed by atoms with van der Waals surface area (Å²) in [5.41, 5.74) is 0.586. The van der Waals surface area contributed by atoms with Crippen molar-refractivity contribution in [2.24, 2.45) is 0 Å². The molecule has 0 saturated carbocycles. The predicted molar refractivity (Wildman–Crippen MR) is 111 cm³/mol. The fourth-order valence-corrected chi connectivity index (χ4v) is 3.69. The predicted octanol–water partition coefficient (Wildman–Crippen LogP) is 6.37. The van der Waals surface area contributed by atoms with Gasteiger partial charge in [0, 0.05) is 15.5 Å². The highest BCUT2D eigenvalue weighted by Crippen LogP contribution is 2.37. The zero-order valence-electron chi connectivity index (χ0n) is 15.9. The van der Waals surface area contributed by atoms with Gasteiger partial charge >= 0.3 is 6.18 Å². The highest BCUT2D eigenvalue weighted by Gasteiger charge is 2.37. The maximum atomic E-state index is 12.8. The summed E-state index contributed by atoms with van der Waals surface area (Å²) >= 11 is 2.17. The zero-order chi connectivity index (χ0) is 20.5. The highest BCUT2D eigenvalue weighted by molar-refractivity contribution is 14.1. The molecule has 9 heteroatoms. The fourth-order valence-electron chi connectivity index (χ4n) is 1.99. The molecule has 1 heterocycles. The molecule has 1 aromatic carbocycles. The molecule has 27 heavy (non-hydrogen) atoms. The molecule has 0 bridgehead atoms. The molecule has 148 valence electrons. The third-order valence-electron chi connectivity index (χ3n) is 4.57. The molecule has 0 aliphatic rings. The van der Waals surface area contributed by atoms with E-state index >= 15 is 0 Å². The molecule has 0 atom stereocenters. The largest absolute Gasteiger partial charge is 0.433 e. The van der Waals surface area contributed by atoms with Gasteiger partial charge < -0.3 is 9.74 Å². The monoisotopic (exact) mass is 509 g/mol. The van der Waals surface area contributed by atoms with Crippen LogP contribution in [0.2, 0.25) is 18.1 Å². The standard InChI is InChI=1S/C18H23F3IN3OSi/c1-17(2,3)27(4,5)26-11-12-8-13(22)10-14(9-12)24-16-23-7-6-15(25-16)18(19,20)21/h6-10H,11H2,1-5H3,(H,23,24,25). The molecule has 0 saturated heterocycles. The van der Waals surface area contributed by atoms with Crippen LogP contribution in [0.25, 0.3) is 0 Å². The van der Waals surface area contributed by atoms with Gasteiger partial charge in [0.25, 0.3) is 0 Å². The lowest BCUT2D eigenvalue weighted by Gasteiger charge is -2.36. The van der Waals surface area contributed by atoms with Gasteiger partial charge in [-0.1, -0.05) is 20.8 Å². The van der Waals surface area contributed by atoms with Crippen molar-refractivity contribution in [1.29, 1.82) is 0 Å². The van der Waals surface area contributed by atoms with E-state index in [-0.39, 0.29) is 11.0 Å². The summed E-state index contributed by atoms with van der Waals surface area (Å²) in [5, 5.41) is 2.95. The second-order valence-electron chi connectivity index (χ2n) is 7.79. The summed E-state index contributed by atoms with van der Waals surface area (Å²) in [4.78, 5) is 7.42. The van der Waals surface area contributed by atoms with Gasteiger partial charge in [0.05, 0.1) is 6.61 Å². The number of aromatic nitrogens is 2. The minimum Gasteiger partial charge on any atom is -0.413 e. The molecular formula is C18H23F3IN3OSi. The Morgan fingerprint density at radius 2 is 1.81 bits per heavy atom. The highest BCUT2D eigenvalue weighted by atomic mass is 127. The first-order valence-electron chi connectivity index (χ1n) is 8.39. The molecule has 0 fully saturated rings. The lowest BCUT2D eigenvalue weighted by Crippen LogP contribution is -2.40. The lowest BCUT2D eigenvalue weighted by molar-refractivity contribution is -0.141. The van der Waals surface area contributed by atoms with Crippen LogP contribution in [0.3, 0.4) is 0 Å². The first kappa shape index (κ1) is 22.1. The summed E-state index contributed by atoms with van der Waals surface area (Å²) in [6.45, 7) is 11.3. The molecule has 0 spiro atoms. The third kappa shape index (κ3) is 6.14. The van der Waals surface area contributed by atoms with Crippen LogP contribution in [0.4, 0.5) is 24.8 Å². The topological polar surface area (TPSA) is 47.0 Å². The molecule has 2 rings (SSSR count). The number of nitrogens with zero attached hydrogens (tertiary/aromatic N) is 2. The zero-order valence-corrected chi connectivity index (χ0v) is 19.1. The molecule has 2 aromatic rings. The fraction of sp³-hybridized carbons (Fsp3) is 0.444. The van der Waals surface area contributed by atoms with E-state index in [1.54, 1.807) is 0 Å². The first-order chi connectivity index (χ1) is 12.3. The van der Waals surface area contributed by atoms with Crippen molar-refractivity contribution in [3.63, 3.8) is 0 Å². The maximum Gasteiger partial charge on any atom is 0.433 e. The minimum atomic E-state index is -4.51. The van der Waals surface area contributed by atoms with Crippen LogP contribution < -0.4 is 5.32 Å². The Hall–Kier alpha value is -1.20. The van der Waals surface area contributed by atoms with Crippen LogP contribution in [-0.2, 0) is 17.2 Å². The SMILES string of the molecule is CC(C)(C)[Si](C)(C)OCc1cc(I)cc(Nc2nccc(C(F)(F)F)n2)c1. The van der Waals surface area contributed by atoms with Crippen molar-refractivity contribution >= 4 is 42.5 Å². The Morgan fingerprint density at radius 3 is 2.41 bits per heavy atom. The molecule has 0 aliphatic carbocycles. The molecule has 4 nitrogen and oxygen atoms in total. The first-order valence-corrected chi connectivity index (χ1v) is 12.4. The van der Waals surface area contributed by atoms with Gasteiger partial charge in [0.15, 0.2) is 8.32 Å². The molecule has 1 N–H and O–H groups in total. The minimum absolute atomic E-state index is 0.0944. The Balaban J connectivity index is 2.18. The summed E-state index contributed by atoms with van der Waals surface area (Å²) < 4.78 is 45.6. The number of alkyl halides is 3. The van der Waals surface area contributed by atoms with Gasteiger partial charge in [-0.2, -0.15) is 13.2 Å². The number of benzene rings is 1. The Labute approximate surface area is 172 Å². The average molecular weight is 509 g/mol. The molecule has 0 amide bonds. The van der Waals surface area contributed by atoms with Gasteiger partial charge in [-0.05, 0) is 70.6 Å². The van der Waals surface area contributed by atoms with Crippen molar-refractivity contribution in [3.8, 4) is 0 Å². The van der Waals surface area contributed by atoms with E-state index in [4.69, 9.17) is 4.43 Å². The summed E-state index contributed by atoms with van der Waals surface area (Å²) in [5.74, 6) is -0.0944. The van der Waals surface area contributed by atoms with Gasteiger partial charge in [-0.3, -0.25) is 0 Å². The molecule has 0 aliphatic heterocycles. The molecular weight excluding hydrogens is 486 g/mol. The number of anilines is 2. The van der Waals surface area contributed by atoms with Crippen molar-refractivity contribution in [2.45, 2.75) is 51.7 Å². The normalized spacial score (nSPS) is 12.9. The smallest absolute Gasteiger partial charge is 0.413 e. The second kappa shape index (κ2) is 8.04. The Morgan fingerprint density at radius 1 is 1.15 bits per heavy atom. The van der Waals surface area contributed by atoms with E-state index in [9.17, 15) is 13.2 Å². The number of halogens is 4. The number of rotatable bonds is 5. The lowest BCUT2D eigenvalue weighted by atomic mass is 10.2. The Bertz CT molecular complexity index is 807. The van der Waals surface area contributed by atoms with E-state index in [0.717, 1.165) is 21.4 Å². The van der Waals surface area contributed by atoms with Crippen LogP contribution in [-0.4, -0.2) is 18.3 Å². The van der Waals surface area contributed by atoms with Gasteiger partial charge in [0.2, 0.25) is 5.95 Å². The second-order valence-corrected chi connectivity index (χ2v) is 13.8. The third-order valence-corrected chi connectivity index (χ3v) is 9.67. The number of hydrogen-bond donors (Lipinski definition) is 1. The van der Waals surface area contributed by atoms with E-state index in [2.05, 4.69) is 71.7 Å². The summed E-state index contributed by atoms with van der Waals surface area (Å²) in [6.07, 6.45) is -3.42. The van der Waals surface area contributed by atoms with Crippen LogP contribution in [0.15, 0.2) is 30.5 Å². The van der Waals surface area contributed by atoms with Crippen molar-refractivity contribution in [3.05, 3.63) is 45.3 Å². The van der Waals surface area contributed by atoms with Crippen LogP contribution >= 0.6 is 22.6 Å². The van der Waals surface area contributed by atoms with E-state index in [0.29, 0.717) is 12.3 Å². The maximum absolute atomic E-state index is 12.8. The molecule has 0 unspecified atom stereocenters. The van der Waals surface area contributed by atoms with E-state index in [1.165, 1.54) is 0 Å². The van der Waals surface area contributed by atoms with Crippen LogP contribution in [0, 0.1) is 3.57 Å². The van der Waals surface area contributed by atoms with E-state index < -0.39 is 20.2 Å². The van der Waals surface area contributed by atoms with Gasteiger partial charge in [0.1, 0.15) is 5.69 Å². The van der Waals surface area contributed by atoms with Crippen molar-refractivity contribution in [1.82, 2.24) is 9.97 Å². The summed E-state index contributed by atoms with van der Waals surface area (Å²) in [6, 6.07) is 6.50. The molecule has 1 aromatic heterocycles. The summed E-state index contributed by atoms with van der Waals surface area (Å²) in [7, 11) is -1.90. The molecule has 0 radical (unpaired) electrons. The van der Waals surface area contributed by atoms with Gasteiger partial charge in [-0.15, -0.1) is 0 Å². The van der Waals surface area contributed by atoms with Crippen LogP contribution in [0.5, 0.6) is 0 Å². The number of nitrogens with one attached hydrogen (secondary N) is 1. The van der Waals surface area contributed by atoms with Crippen LogP contribution in [0.1, 0.15) is 32.0 Å². The van der Waals surface area contributed by atoms with E-state index in [1.807, 2.05) is 18.2 Å². The van der Waals surface area contributed by atoms with Crippen molar-refractivity contribution in [2.75, 3.05) is 5.32 Å². The van der Waals surface area contributed by atoms with Crippen molar-refractivity contribution < 1.29 is 17.6 Å². The quantitative estimate of drug-likeness (QED) is 0.376. The van der Waals surface area contributed by atoms with Gasteiger partial charge in [-0.25, -0.2) is 9.97 Å². The Kier molecular flexibility index (Phi) is 6.58. The number of hydrogen-bond acceptors (Lipinski definition) is 4. The average Bonchev–Trinajstić information content (AvgIpc) is 2.51.